The van der Waals surface area contributed by atoms with Crippen LogP contribution in [0.2, 0.25) is 0 Å². The third-order valence-electron chi connectivity index (χ3n) is 2.35. The van der Waals surface area contributed by atoms with Gasteiger partial charge in [-0.15, -0.1) is 11.6 Å². The first-order chi connectivity index (χ1) is 7.40. The van der Waals surface area contributed by atoms with E-state index in [0.717, 1.165) is 12.1 Å². The van der Waals surface area contributed by atoms with Crippen molar-refractivity contribution in [2.75, 3.05) is 0 Å². The molecule has 0 aliphatic rings. The summed E-state index contributed by atoms with van der Waals surface area (Å²) in [6.45, 7) is 0. The predicted molar refractivity (Wildman–Crippen MR) is 63.0 cm³/mol. The number of halogens is 1. The summed E-state index contributed by atoms with van der Waals surface area (Å²) in [5, 5.41) is 0. The molecule has 15 heavy (non-hydrogen) atoms. The quantitative estimate of drug-likeness (QED) is 0.718. The van der Waals surface area contributed by atoms with Crippen LogP contribution >= 0.6 is 11.6 Å². The van der Waals surface area contributed by atoms with E-state index in [0.29, 0.717) is 5.88 Å². The topological polar surface area (TPSA) is 12.9 Å². The van der Waals surface area contributed by atoms with E-state index in [1.807, 2.05) is 24.3 Å². The molecule has 2 rings (SSSR count). The van der Waals surface area contributed by atoms with Gasteiger partial charge in [0, 0.05) is 6.20 Å². The summed E-state index contributed by atoms with van der Waals surface area (Å²) in [4.78, 5) is 4.26. The fourth-order valence-electron chi connectivity index (χ4n) is 1.57. The van der Waals surface area contributed by atoms with Crippen molar-refractivity contribution in [1.82, 2.24) is 4.98 Å². The Morgan fingerprint density at radius 3 is 2.53 bits per heavy atom. The highest BCUT2D eigenvalue weighted by Crippen LogP contribution is 2.13. The van der Waals surface area contributed by atoms with Crippen LogP contribution in [-0.4, -0.2) is 4.98 Å². The molecule has 1 nitrogen and oxygen atoms in total. The predicted octanol–water partition coefficient (Wildman–Crippen LogP) is 3.41. The van der Waals surface area contributed by atoms with Crippen molar-refractivity contribution in [2.45, 2.75) is 12.3 Å². The van der Waals surface area contributed by atoms with Crippen LogP contribution in [0.5, 0.6) is 0 Å². The minimum absolute atomic E-state index is 0.475. The Balaban J connectivity index is 2.24. The highest BCUT2D eigenvalue weighted by Gasteiger charge is 2.02. The van der Waals surface area contributed by atoms with Crippen LogP contribution in [0.4, 0.5) is 0 Å². The fraction of sp³-hybridized carbons (Fsp3) is 0.154. The summed E-state index contributed by atoms with van der Waals surface area (Å²) in [5.74, 6) is 0.475. The van der Waals surface area contributed by atoms with Crippen LogP contribution in [0, 0.1) is 0 Å². The standard InChI is InChI=1S/C13H12ClN/c14-10-13-12(7-4-8-15-13)9-11-5-2-1-3-6-11/h1-8H,9-10H2. The smallest absolute Gasteiger partial charge is 0.0650 e. The first kappa shape index (κ1) is 10.2. The lowest BCUT2D eigenvalue weighted by Gasteiger charge is -2.05. The first-order valence-corrected chi connectivity index (χ1v) is 5.46. The second-order valence-corrected chi connectivity index (χ2v) is 3.67. The minimum atomic E-state index is 0.475. The molecular weight excluding hydrogens is 206 g/mol. The minimum Gasteiger partial charge on any atom is -0.260 e. The number of pyridine rings is 1. The van der Waals surface area contributed by atoms with Crippen LogP contribution in [0.3, 0.4) is 0 Å². The van der Waals surface area contributed by atoms with Gasteiger partial charge < -0.3 is 0 Å². The molecule has 0 spiro atoms. The number of nitrogens with zero attached hydrogens (tertiary/aromatic N) is 1. The molecule has 1 aromatic heterocycles. The third-order valence-corrected chi connectivity index (χ3v) is 2.60. The maximum Gasteiger partial charge on any atom is 0.0650 e. The second-order valence-electron chi connectivity index (χ2n) is 3.41. The molecule has 0 saturated carbocycles. The van der Waals surface area contributed by atoms with Gasteiger partial charge in [0.15, 0.2) is 0 Å². The Bertz CT molecular complexity index is 426. The van der Waals surface area contributed by atoms with E-state index in [2.05, 4.69) is 23.2 Å². The second kappa shape index (κ2) is 4.94. The van der Waals surface area contributed by atoms with Crippen molar-refractivity contribution in [3.63, 3.8) is 0 Å². The molecule has 0 aliphatic carbocycles. The maximum atomic E-state index is 5.84. The van der Waals surface area contributed by atoms with Crippen molar-refractivity contribution >= 4 is 11.6 Å². The first-order valence-electron chi connectivity index (χ1n) is 4.93. The monoisotopic (exact) mass is 217 g/mol. The van der Waals surface area contributed by atoms with E-state index in [1.54, 1.807) is 6.20 Å². The van der Waals surface area contributed by atoms with Gasteiger partial charge in [-0.05, 0) is 23.6 Å². The van der Waals surface area contributed by atoms with Gasteiger partial charge in [0.2, 0.25) is 0 Å². The van der Waals surface area contributed by atoms with Gasteiger partial charge in [0.05, 0.1) is 11.6 Å². The molecule has 2 aromatic rings. The Hall–Kier alpha value is -1.34. The van der Waals surface area contributed by atoms with Gasteiger partial charge in [-0.25, -0.2) is 0 Å². The summed E-state index contributed by atoms with van der Waals surface area (Å²) in [6.07, 6.45) is 2.68. The van der Waals surface area contributed by atoms with Gasteiger partial charge in [0.1, 0.15) is 0 Å². The Kier molecular flexibility index (Phi) is 3.36. The normalized spacial score (nSPS) is 10.2. The van der Waals surface area contributed by atoms with Crippen LogP contribution in [-0.2, 0) is 12.3 Å². The highest BCUT2D eigenvalue weighted by molar-refractivity contribution is 6.17. The summed E-state index contributed by atoms with van der Waals surface area (Å²) >= 11 is 5.84. The summed E-state index contributed by atoms with van der Waals surface area (Å²) < 4.78 is 0. The Morgan fingerprint density at radius 2 is 1.80 bits per heavy atom. The highest BCUT2D eigenvalue weighted by atomic mass is 35.5. The van der Waals surface area contributed by atoms with Gasteiger partial charge in [-0.1, -0.05) is 36.4 Å². The summed E-state index contributed by atoms with van der Waals surface area (Å²) in [5.41, 5.74) is 3.47. The number of rotatable bonds is 3. The molecule has 0 unspecified atom stereocenters. The lowest BCUT2D eigenvalue weighted by atomic mass is 10.0. The average molecular weight is 218 g/mol. The van der Waals surface area contributed by atoms with Gasteiger partial charge in [-0.3, -0.25) is 4.98 Å². The molecule has 0 N–H and O–H groups in total. The van der Waals surface area contributed by atoms with E-state index in [9.17, 15) is 0 Å². The lowest BCUT2D eigenvalue weighted by molar-refractivity contribution is 1.06. The number of hydrogen-bond donors (Lipinski definition) is 0. The third kappa shape index (κ3) is 2.57. The van der Waals surface area contributed by atoms with E-state index in [4.69, 9.17) is 11.6 Å². The molecule has 0 fully saturated rings. The zero-order chi connectivity index (χ0) is 10.5. The van der Waals surface area contributed by atoms with Crippen LogP contribution in [0.1, 0.15) is 16.8 Å². The molecule has 76 valence electrons. The molecule has 1 heterocycles. The zero-order valence-corrected chi connectivity index (χ0v) is 9.11. The molecule has 1 aromatic carbocycles. The summed E-state index contributed by atoms with van der Waals surface area (Å²) in [7, 11) is 0. The van der Waals surface area contributed by atoms with Gasteiger partial charge in [0.25, 0.3) is 0 Å². The molecule has 0 radical (unpaired) electrons. The van der Waals surface area contributed by atoms with Crippen LogP contribution < -0.4 is 0 Å². The molecule has 0 bridgehead atoms. The lowest BCUT2D eigenvalue weighted by Crippen LogP contribution is -1.95. The average Bonchev–Trinajstić information content (AvgIpc) is 2.31. The van der Waals surface area contributed by atoms with Gasteiger partial charge >= 0.3 is 0 Å². The fourth-order valence-corrected chi connectivity index (χ4v) is 1.81. The number of alkyl halides is 1. The molecule has 0 atom stereocenters. The van der Waals surface area contributed by atoms with Gasteiger partial charge in [-0.2, -0.15) is 0 Å². The Labute approximate surface area is 94.7 Å². The SMILES string of the molecule is ClCc1ncccc1Cc1ccccc1. The zero-order valence-electron chi connectivity index (χ0n) is 8.36. The van der Waals surface area contributed by atoms with E-state index < -0.39 is 0 Å². The van der Waals surface area contributed by atoms with E-state index in [1.165, 1.54) is 11.1 Å². The number of benzene rings is 1. The molecule has 0 aliphatic heterocycles. The molecule has 2 heteroatoms. The van der Waals surface area contributed by atoms with Crippen LogP contribution in [0.15, 0.2) is 48.7 Å². The maximum absolute atomic E-state index is 5.84. The van der Waals surface area contributed by atoms with Crippen molar-refractivity contribution in [3.8, 4) is 0 Å². The number of aromatic nitrogens is 1. The molecule has 0 saturated heterocycles. The van der Waals surface area contributed by atoms with Crippen molar-refractivity contribution in [2.24, 2.45) is 0 Å². The van der Waals surface area contributed by atoms with Crippen molar-refractivity contribution in [3.05, 3.63) is 65.5 Å². The van der Waals surface area contributed by atoms with Crippen molar-refractivity contribution in [1.29, 1.82) is 0 Å². The molecule has 0 amide bonds. The summed E-state index contributed by atoms with van der Waals surface area (Å²) in [6, 6.07) is 14.4. The van der Waals surface area contributed by atoms with E-state index in [-0.39, 0.29) is 0 Å². The Morgan fingerprint density at radius 1 is 1.00 bits per heavy atom. The number of hydrogen-bond acceptors (Lipinski definition) is 1. The van der Waals surface area contributed by atoms with E-state index >= 15 is 0 Å². The molecular formula is C13H12ClN. The largest absolute Gasteiger partial charge is 0.260 e. The van der Waals surface area contributed by atoms with Crippen molar-refractivity contribution < 1.29 is 0 Å². The van der Waals surface area contributed by atoms with Crippen LogP contribution in [0.25, 0.3) is 0 Å².